The molecule has 8 aromatic rings. The number of aromatic nitrogens is 2. The zero-order valence-corrected chi connectivity index (χ0v) is 20.6. The first-order valence-electron chi connectivity index (χ1n) is 12.9. The topological polar surface area (TPSA) is 25.8 Å². The molecule has 0 atom stereocenters. The van der Waals surface area contributed by atoms with E-state index >= 15 is 0 Å². The summed E-state index contributed by atoms with van der Waals surface area (Å²) >= 11 is 0. The molecule has 0 bridgehead atoms. The summed E-state index contributed by atoms with van der Waals surface area (Å²) < 4.78 is 0. The fraction of sp³-hybridized carbons (Fsp3) is 0. The van der Waals surface area contributed by atoms with Gasteiger partial charge in [0.1, 0.15) is 0 Å². The van der Waals surface area contributed by atoms with Gasteiger partial charge in [0.25, 0.3) is 0 Å². The Kier molecular flexibility index (Phi) is 4.55. The van der Waals surface area contributed by atoms with Crippen LogP contribution in [0, 0.1) is 0 Å². The van der Waals surface area contributed by atoms with Crippen LogP contribution in [0.25, 0.3) is 76.6 Å². The van der Waals surface area contributed by atoms with Crippen molar-refractivity contribution in [2.75, 3.05) is 0 Å². The molecule has 2 nitrogen and oxygen atoms in total. The van der Waals surface area contributed by atoms with E-state index in [0.717, 1.165) is 33.2 Å². The van der Waals surface area contributed by atoms with Crippen LogP contribution >= 0.6 is 0 Å². The van der Waals surface area contributed by atoms with E-state index < -0.39 is 0 Å². The molecule has 8 rings (SSSR count). The van der Waals surface area contributed by atoms with Crippen molar-refractivity contribution in [3.8, 4) is 22.4 Å². The van der Waals surface area contributed by atoms with Gasteiger partial charge in [0.2, 0.25) is 0 Å². The van der Waals surface area contributed by atoms with Crippen molar-refractivity contribution in [3.63, 3.8) is 0 Å². The molecule has 0 unspecified atom stereocenters. The van der Waals surface area contributed by atoms with E-state index in [1.165, 1.54) is 43.4 Å². The maximum absolute atomic E-state index is 5.11. The molecule has 38 heavy (non-hydrogen) atoms. The molecule has 176 valence electrons. The Morgan fingerprint density at radius 1 is 0.342 bits per heavy atom. The molecule has 0 saturated heterocycles. The van der Waals surface area contributed by atoms with Gasteiger partial charge in [-0.15, -0.1) is 0 Å². The molecular formula is C36H22N2. The SMILES string of the molecule is c1ccc2c(c1)ccc1c(-c3ccc(-c4nc5ccccc5c5ccccc45)cc3)c3ccccc3nc12. The molecular weight excluding hydrogens is 460 g/mol. The monoisotopic (exact) mass is 482 g/mol. The molecule has 0 fully saturated rings. The highest BCUT2D eigenvalue weighted by Crippen LogP contribution is 2.39. The average Bonchev–Trinajstić information content (AvgIpc) is 2.99. The zero-order chi connectivity index (χ0) is 25.1. The van der Waals surface area contributed by atoms with E-state index in [1.807, 2.05) is 0 Å². The zero-order valence-electron chi connectivity index (χ0n) is 20.6. The minimum absolute atomic E-state index is 1.01. The van der Waals surface area contributed by atoms with Crippen LogP contribution in [0.4, 0.5) is 0 Å². The molecule has 6 aromatic carbocycles. The van der Waals surface area contributed by atoms with E-state index in [4.69, 9.17) is 9.97 Å². The van der Waals surface area contributed by atoms with Gasteiger partial charge in [0.05, 0.1) is 22.2 Å². The molecule has 0 radical (unpaired) electrons. The molecule has 0 N–H and O–H groups in total. The third-order valence-electron chi connectivity index (χ3n) is 7.63. The van der Waals surface area contributed by atoms with Crippen LogP contribution < -0.4 is 0 Å². The van der Waals surface area contributed by atoms with E-state index in [9.17, 15) is 0 Å². The molecule has 0 aliphatic rings. The van der Waals surface area contributed by atoms with Gasteiger partial charge in [-0.2, -0.15) is 0 Å². The number of hydrogen-bond donors (Lipinski definition) is 0. The number of hydrogen-bond acceptors (Lipinski definition) is 2. The summed E-state index contributed by atoms with van der Waals surface area (Å²) in [4.78, 5) is 10.2. The first kappa shape index (κ1) is 21.0. The number of pyridine rings is 2. The third kappa shape index (κ3) is 3.14. The number of benzene rings is 6. The fourth-order valence-corrected chi connectivity index (χ4v) is 5.86. The standard InChI is InChI=1S/C36H22N2/c1-2-10-26-23(9-1)21-22-31-34(30-14-6-8-16-33(30)38-36(26)31)24-17-19-25(20-18-24)35-29-13-4-3-11-27(29)28-12-5-7-15-32(28)37-35/h1-22H. The van der Waals surface area contributed by atoms with E-state index in [1.54, 1.807) is 0 Å². The van der Waals surface area contributed by atoms with E-state index in [-0.39, 0.29) is 0 Å². The first-order valence-corrected chi connectivity index (χ1v) is 12.9. The minimum Gasteiger partial charge on any atom is -0.247 e. The van der Waals surface area contributed by atoms with Crippen molar-refractivity contribution in [3.05, 3.63) is 133 Å². The lowest BCUT2D eigenvalue weighted by Gasteiger charge is -2.14. The molecule has 0 saturated carbocycles. The first-order chi connectivity index (χ1) is 18.8. The van der Waals surface area contributed by atoms with Gasteiger partial charge < -0.3 is 0 Å². The Balaban J connectivity index is 1.37. The molecule has 2 heterocycles. The summed E-state index contributed by atoms with van der Waals surface area (Å²) in [5.41, 5.74) is 7.60. The van der Waals surface area contributed by atoms with Gasteiger partial charge >= 0.3 is 0 Å². The Morgan fingerprint density at radius 2 is 0.921 bits per heavy atom. The summed E-state index contributed by atoms with van der Waals surface area (Å²) in [5.74, 6) is 0. The van der Waals surface area contributed by atoms with Gasteiger partial charge in [-0.1, -0.05) is 121 Å². The van der Waals surface area contributed by atoms with Crippen molar-refractivity contribution in [1.29, 1.82) is 0 Å². The third-order valence-corrected chi connectivity index (χ3v) is 7.63. The summed E-state index contributed by atoms with van der Waals surface area (Å²) in [6.45, 7) is 0. The lowest BCUT2D eigenvalue weighted by Crippen LogP contribution is -1.92. The van der Waals surface area contributed by atoms with Crippen molar-refractivity contribution in [1.82, 2.24) is 9.97 Å². The van der Waals surface area contributed by atoms with Crippen molar-refractivity contribution >= 4 is 54.3 Å². The second-order valence-electron chi connectivity index (χ2n) is 9.79. The second kappa shape index (κ2) is 8.22. The van der Waals surface area contributed by atoms with Gasteiger partial charge in [-0.25, -0.2) is 9.97 Å². The molecule has 0 aliphatic heterocycles. The van der Waals surface area contributed by atoms with Crippen LogP contribution in [0.1, 0.15) is 0 Å². The second-order valence-corrected chi connectivity index (χ2v) is 9.79. The Hall–Kier alpha value is -5.08. The number of para-hydroxylation sites is 2. The summed E-state index contributed by atoms with van der Waals surface area (Å²) in [6, 6.07) is 47.2. The highest BCUT2D eigenvalue weighted by Gasteiger charge is 2.15. The number of rotatable bonds is 2. The summed E-state index contributed by atoms with van der Waals surface area (Å²) in [7, 11) is 0. The van der Waals surface area contributed by atoms with Gasteiger partial charge in [-0.05, 0) is 28.5 Å². The molecule has 0 spiro atoms. The van der Waals surface area contributed by atoms with Crippen molar-refractivity contribution < 1.29 is 0 Å². The molecule has 2 aromatic heterocycles. The highest BCUT2D eigenvalue weighted by molar-refractivity contribution is 6.17. The van der Waals surface area contributed by atoms with Crippen LogP contribution in [-0.2, 0) is 0 Å². The summed E-state index contributed by atoms with van der Waals surface area (Å²) in [6.07, 6.45) is 0. The van der Waals surface area contributed by atoms with Crippen LogP contribution in [0.3, 0.4) is 0 Å². The summed E-state index contributed by atoms with van der Waals surface area (Å²) in [5, 5.41) is 8.31. The molecule has 0 aliphatic carbocycles. The van der Waals surface area contributed by atoms with Crippen LogP contribution in [0.2, 0.25) is 0 Å². The molecule has 2 heteroatoms. The predicted molar refractivity (Wildman–Crippen MR) is 160 cm³/mol. The minimum atomic E-state index is 1.01. The Morgan fingerprint density at radius 3 is 1.71 bits per heavy atom. The van der Waals surface area contributed by atoms with E-state index in [2.05, 4.69) is 133 Å². The number of nitrogens with zero attached hydrogens (tertiary/aromatic N) is 2. The van der Waals surface area contributed by atoms with Crippen molar-refractivity contribution in [2.45, 2.75) is 0 Å². The van der Waals surface area contributed by atoms with Gasteiger partial charge in [0.15, 0.2) is 0 Å². The van der Waals surface area contributed by atoms with E-state index in [0.29, 0.717) is 0 Å². The maximum atomic E-state index is 5.11. The van der Waals surface area contributed by atoms with Crippen LogP contribution in [0.15, 0.2) is 133 Å². The Labute approximate surface area is 219 Å². The van der Waals surface area contributed by atoms with Gasteiger partial charge in [0, 0.05) is 38.1 Å². The lowest BCUT2D eigenvalue weighted by atomic mass is 9.93. The number of fused-ring (bicyclic) bond motifs is 7. The quantitative estimate of drug-likeness (QED) is 0.181. The highest BCUT2D eigenvalue weighted by atomic mass is 14.7. The average molecular weight is 483 g/mol. The Bertz CT molecular complexity index is 2180. The largest absolute Gasteiger partial charge is 0.247 e. The van der Waals surface area contributed by atoms with Crippen molar-refractivity contribution in [2.24, 2.45) is 0 Å². The van der Waals surface area contributed by atoms with Crippen LogP contribution in [-0.4, -0.2) is 9.97 Å². The van der Waals surface area contributed by atoms with Crippen LogP contribution in [0.5, 0.6) is 0 Å². The molecule has 0 amide bonds. The fourth-order valence-electron chi connectivity index (χ4n) is 5.86. The predicted octanol–water partition coefficient (Wildman–Crippen LogP) is 9.58. The lowest BCUT2D eigenvalue weighted by molar-refractivity contribution is 1.43. The maximum Gasteiger partial charge on any atom is 0.0794 e. The normalized spacial score (nSPS) is 11.7. The van der Waals surface area contributed by atoms with Gasteiger partial charge in [-0.3, -0.25) is 0 Å². The smallest absolute Gasteiger partial charge is 0.0794 e.